The molecule has 0 fully saturated rings. The number of alkyl halides is 1. The van der Waals surface area contributed by atoms with Crippen molar-refractivity contribution in [3.8, 4) is 0 Å². The molecule has 82 valence electrons. The lowest BCUT2D eigenvalue weighted by Gasteiger charge is -2.07. The molecule has 1 amide bonds. The van der Waals surface area contributed by atoms with Crippen LogP contribution in [0.3, 0.4) is 0 Å². The fourth-order valence-corrected chi connectivity index (χ4v) is 1.33. The minimum Gasteiger partial charge on any atom is -0.351 e. The van der Waals surface area contributed by atoms with Crippen molar-refractivity contribution in [3.05, 3.63) is 34.3 Å². The third-order valence-corrected chi connectivity index (χ3v) is 2.54. The molecule has 0 spiro atoms. The summed E-state index contributed by atoms with van der Waals surface area (Å²) in [6, 6.07) is 5.22. The van der Waals surface area contributed by atoms with Gasteiger partial charge in [0.1, 0.15) is 0 Å². The van der Waals surface area contributed by atoms with Crippen LogP contribution in [0.5, 0.6) is 0 Å². The predicted molar refractivity (Wildman–Crippen MR) is 63.8 cm³/mol. The standard InChI is InChI=1S/C11H13Cl2NO/c1-7-3-4-9(5-10(7)13)11(15)14-6-8(2)12/h3-5,8H,6H2,1-2H3,(H,14,15). The van der Waals surface area contributed by atoms with Crippen molar-refractivity contribution in [2.45, 2.75) is 19.2 Å². The van der Waals surface area contributed by atoms with Gasteiger partial charge in [-0.15, -0.1) is 11.6 Å². The van der Waals surface area contributed by atoms with Crippen LogP contribution in [0.2, 0.25) is 5.02 Å². The van der Waals surface area contributed by atoms with Crippen LogP contribution in [0.15, 0.2) is 18.2 Å². The molecule has 0 radical (unpaired) electrons. The molecule has 0 aliphatic carbocycles. The summed E-state index contributed by atoms with van der Waals surface area (Å²) in [6.07, 6.45) is 0. The second-order valence-electron chi connectivity index (χ2n) is 3.45. The van der Waals surface area contributed by atoms with Gasteiger partial charge in [0.25, 0.3) is 5.91 Å². The highest BCUT2D eigenvalue weighted by molar-refractivity contribution is 6.31. The zero-order valence-corrected chi connectivity index (χ0v) is 10.2. The Morgan fingerprint density at radius 3 is 2.73 bits per heavy atom. The molecule has 1 unspecified atom stereocenters. The SMILES string of the molecule is Cc1ccc(C(=O)NCC(C)Cl)cc1Cl. The molecule has 4 heteroatoms. The molecular weight excluding hydrogens is 233 g/mol. The van der Waals surface area contributed by atoms with Crippen molar-refractivity contribution in [1.82, 2.24) is 5.32 Å². The summed E-state index contributed by atoms with van der Waals surface area (Å²) < 4.78 is 0. The molecule has 1 aromatic carbocycles. The molecule has 0 bridgehead atoms. The monoisotopic (exact) mass is 245 g/mol. The number of carbonyl (C=O) groups is 1. The van der Waals surface area contributed by atoms with E-state index in [1.54, 1.807) is 12.1 Å². The number of halogens is 2. The Bertz CT molecular complexity index is 364. The minimum atomic E-state index is -0.149. The fourth-order valence-electron chi connectivity index (χ4n) is 1.07. The predicted octanol–water partition coefficient (Wildman–Crippen LogP) is 3.01. The molecule has 15 heavy (non-hydrogen) atoms. The Morgan fingerprint density at radius 1 is 1.53 bits per heavy atom. The first-order chi connectivity index (χ1) is 7.00. The second kappa shape index (κ2) is 5.38. The van der Waals surface area contributed by atoms with Crippen molar-refractivity contribution in [2.75, 3.05) is 6.54 Å². The van der Waals surface area contributed by atoms with Crippen LogP contribution in [0.1, 0.15) is 22.8 Å². The van der Waals surface area contributed by atoms with Gasteiger partial charge in [-0.3, -0.25) is 4.79 Å². The Hall–Kier alpha value is -0.730. The van der Waals surface area contributed by atoms with Gasteiger partial charge in [-0.2, -0.15) is 0 Å². The van der Waals surface area contributed by atoms with Gasteiger partial charge >= 0.3 is 0 Å². The lowest BCUT2D eigenvalue weighted by atomic mass is 10.1. The third kappa shape index (κ3) is 3.73. The van der Waals surface area contributed by atoms with Crippen molar-refractivity contribution < 1.29 is 4.79 Å². The first-order valence-corrected chi connectivity index (χ1v) is 5.50. The quantitative estimate of drug-likeness (QED) is 0.816. The largest absolute Gasteiger partial charge is 0.351 e. The Kier molecular flexibility index (Phi) is 4.43. The van der Waals surface area contributed by atoms with Gasteiger partial charge in [0.15, 0.2) is 0 Å². The molecule has 0 saturated carbocycles. The van der Waals surface area contributed by atoms with Gasteiger partial charge < -0.3 is 5.32 Å². The summed E-state index contributed by atoms with van der Waals surface area (Å²) in [5.74, 6) is -0.149. The molecule has 1 atom stereocenters. The van der Waals surface area contributed by atoms with E-state index < -0.39 is 0 Å². The number of hydrogen-bond donors (Lipinski definition) is 1. The van der Waals surface area contributed by atoms with Crippen molar-refractivity contribution in [2.24, 2.45) is 0 Å². The fraction of sp³-hybridized carbons (Fsp3) is 0.364. The summed E-state index contributed by atoms with van der Waals surface area (Å²) in [4.78, 5) is 11.6. The van der Waals surface area contributed by atoms with Gasteiger partial charge in [-0.05, 0) is 31.5 Å². The molecule has 0 heterocycles. The average Bonchev–Trinajstić information content (AvgIpc) is 2.18. The van der Waals surface area contributed by atoms with Gasteiger partial charge in [0, 0.05) is 22.5 Å². The van der Waals surface area contributed by atoms with Crippen LogP contribution < -0.4 is 5.32 Å². The summed E-state index contributed by atoms with van der Waals surface area (Å²) in [7, 11) is 0. The van der Waals surface area contributed by atoms with E-state index in [1.807, 2.05) is 19.9 Å². The van der Waals surface area contributed by atoms with Crippen molar-refractivity contribution in [1.29, 1.82) is 0 Å². The van der Waals surface area contributed by atoms with Crippen LogP contribution in [-0.4, -0.2) is 17.8 Å². The molecule has 0 aliphatic heterocycles. The number of carbonyl (C=O) groups excluding carboxylic acids is 1. The zero-order chi connectivity index (χ0) is 11.4. The Labute approximate surface area is 99.6 Å². The number of nitrogens with one attached hydrogen (secondary N) is 1. The van der Waals surface area contributed by atoms with E-state index in [0.29, 0.717) is 17.1 Å². The average molecular weight is 246 g/mol. The topological polar surface area (TPSA) is 29.1 Å². The van der Waals surface area contributed by atoms with E-state index in [1.165, 1.54) is 0 Å². The van der Waals surface area contributed by atoms with Gasteiger partial charge in [-0.25, -0.2) is 0 Å². The lowest BCUT2D eigenvalue weighted by Crippen LogP contribution is -2.28. The molecular formula is C11H13Cl2NO. The maximum Gasteiger partial charge on any atom is 0.251 e. The van der Waals surface area contributed by atoms with Gasteiger partial charge in [-0.1, -0.05) is 17.7 Å². The van der Waals surface area contributed by atoms with Gasteiger partial charge in [0.2, 0.25) is 0 Å². The molecule has 1 N–H and O–H groups in total. The van der Waals surface area contributed by atoms with E-state index in [-0.39, 0.29) is 11.3 Å². The van der Waals surface area contributed by atoms with Crippen molar-refractivity contribution in [3.63, 3.8) is 0 Å². The maximum atomic E-state index is 11.6. The van der Waals surface area contributed by atoms with E-state index in [9.17, 15) is 4.79 Å². The number of benzene rings is 1. The highest BCUT2D eigenvalue weighted by atomic mass is 35.5. The summed E-state index contributed by atoms with van der Waals surface area (Å²) in [5.41, 5.74) is 1.52. The third-order valence-electron chi connectivity index (χ3n) is 1.98. The Morgan fingerprint density at radius 2 is 2.20 bits per heavy atom. The maximum absolute atomic E-state index is 11.6. The van der Waals surface area contributed by atoms with Gasteiger partial charge in [0.05, 0.1) is 0 Å². The first kappa shape index (κ1) is 12.3. The molecule has 0 aromatic heterocycles. The summed E-state index contributed by atoms with van der Waals surface area (Å²) in [5, 5.41) is 3.24. The molecule has 0 aliphatic rings. The normalized spacial score (nSPS) is 12.3. The van der Waals surface area contributed by atoms with Crippen LogP contribution in [0.25, 0.3) is 0 Å². The van der Waals surface area contributed by atoms with E-state index in [0.717, 1.165) is 5.56 Å². The summed E-state index contributed by atoms with van der Waals surface area (Å²) in [6.45, 7) is 4.17. The van der Waals surface area contributed by atoms with Crippen LogP contribution in [0, 0.1) is 6.92 Å². The molecule has 0 saturated heterocycles. The van der Waals surface area contributed by atoms with Crippen molar-refractivity contribution >= 4 is 29.1 Å². The number of amides is 1. The molecule has 2 nitrogen and oxygen atoms in total. The molecule has 1 rings (SSSR count). The van der Waals surface area contributed by atoms with E-state index in [2.05, 4.69) is 5.32 Å². The highest BCUT2D eigenvalue weighted by Gasteiger charge is 2.07. The number of aryl methyl sites for hydroxylation is 1. The highest BCUT2D eigenvalue weighted by Crippen LogP contribution is 2.16. The summed E-state index contributed by atoms with van der Waals surface area (Å²) >= 11 is 11.6. The minimum absolute atomic E-state index is 0.0742. The van der Waals surface area contributed by atoms with E-state index >= 15 is 0 Å². The van der Waals surface area contributed by atoms with Crippen LogP contribution in [-0.2, 0) is 0 Å². The first-order valence-electron chi connectivity index (χ1n) is 4.69. The van der Waals surface area contributed by atoms with Crippen LogP contribution >= 0.6 is 23.2 Å². The number of hydrogen-bond acceptors (Lipinski definition) is 1. The lowest BCUT2D eigenvalue weighted by molar-refractivity contribution is 0.0954. The Balaban J connectivity index is 2.70. The van der Waals surface area contributed by atoms with E-state index in [4.69, 9.17) is 23.2 Å². The number of rotatable bonds is 3. The zero-order valence-electron chi connectivity index (χ0n) is 8.68. The van der Waals surface area contributed by atoms with Crippen LogP contribution in [0.4, 0.5) is 0 Å². The molecule has 1 aromatic rings. The smallest absolute Gasteiger partial charge is 0.251 e. The second-order valence-corrected chi connectivity index (χ2v) is 4.61.